The number of nitrogen functional groups attached to an aromatic ring is 1. The molecule has 21 heavy (non-hydrogen) atoms. The standard InChI is InChI=1S/C12H14N4O4S/c13-16-10(8-2-1-5-19-8)14-15-12(16)21-6-7-3-4-9(20-7)11(17)18/h3-4,8H,1-2,5-6,13H2,(H,17,18). The van der Waals surface area contributed by atoms with Crippen LogP contribution in [-0.4, -0.2) is 32.6 Å². The summed E-state index contributed by atoms with van der Waals surface area (Å²) in [6.07, 6.45) is 1.78. The summed E-state index contributed by atoms with van der Waals surface area (Å²) in [4.78, 5) is 10.7. The van der Waals surface area contributed by atoms with Crippen molar-refractivity contribution < 1.29 is 19.1 Å². The zero-order valence-electron chi connectivity index (χ0n) is 11.1. The first-order chi connectivity index (χ1) is 10.1. The molecular weight excluding hydrogens is 296 g/mol. The van der Waals surface area contributed by atoms with Gasteiger partial charge in [0.25, 0.3) is 0 Å². The Morgan fingerprint density at radius 3 is 3.05 bits per heavy atom. The molecule has 9 heteroatoms. The lowest BCUT2D eigenvalue weighted by Crippen LogP contribution is -2.16. The van der Waals surface area contributed by atoms with Crippen molar-refractivity contribution in [2.75, 3.05) is 12.4 Å². The second kappa shape index (κ2) is 5.78. The van der Waals surface area contributed by atoms with E-state index < -0.39 is 5.97 Å². The van der Waals surface area contributed by atoms with Gasteiger partial charge in [0, 0.05) is 6.61 Å². The van der Waals surface area contributed by atoms with Crippen molar-refractivity contribution in [3.8, 4) is 0 Å². The van der Waals surface area contributed by atoms with E-state index in [2.05, 4.69) is 10.2 Å². The molecular formula is C12H14N4O4S. The van der Waals surface area contributed by atoms with Gasteiger partial charge in [0.1, 0.15) is 11.9 Å². The Kier molecular flexibility index (Phi) is 3.84. The number of nitrogens with zero attached hydrogens (tertiary/aromatic N) is 3. The second-order valence-corrected chi connectivity index (χ2v) is 5.51. The van der Waals surface area contributed by atoms with E-state index in [0.717, 1.165) is 12.8 Å². The molecule has 1 unspecified atom stereocenters. The Labute approximate surface area is 124 Å². The smallest absolute Gasteiger partial charge is 0.371 e. The molecule has 0 aromatic carbocycles. The summed E-state index contributed by atoms with van der Waals surface area (Å²) >= 11 is 1.33. The average molecular weight is 310 g/mol. The predicted molar refractivity (Wildman–Crippen MR) is 73.3 cm³/mol. The van der Waals surface area contributed by atoms with Crippen molar-refractivity contribution in [3.05, 3.63) is 29.5 Å². The maximum absolute atomic E-state index is 10.7. The lowest BCUT2D eigenvalue weighted by molar-refractivity contribution is 0.0661. The summed E-state index contributed by atoms with van der Waals surface area (Å²) in [5.41, 5.74) is 0. The number of carboxylic acids is 1. The van der Waals surface area contributed by atoms with Crippen LogP contribution in [0.2, 0.25) is 0 Å². The van der Waals surface area contributed by atoms with Crippen LogP contribution in [-0.2, 0) is 10.5 Å². The van der Waals surface area contributed by atoms with Crippen molar-refractivity contribution in [2.24, 2.45) is 0 Å². The molecule has 1 atom stereocenters. The maximum atomic E-state index is 10.7. The van der Waals surface area contributed by atoms with Gasteiger partial charge in [-0.2, -0.15) is 0 Å². The third-order valence-corrected chi connectivity index (χ3v) is 4.09. The van der Waals surface area contributed by atoms with Crippen LogP contribution in [0.25, 0.3) is 0 Å². The number of thioether (sulfide) groups is 1. The number of furan rings is 1. The fourth-order valence-corrected chi connectivity index (χ4v) is 2.85. The highest BCUT2D eigenvalue weighted by atomic mass is 32.2. The normalized spacial score (nSPS) is 18.2. The fraction of sp³-hybridized carbons (Fsp3) is 0.417. The lowest BCUT2D eigenvalue weighted by Gasteiger charge is -2.08. The van der Waals surface area contributed by atoms with Crippen molar-refractivity contribution in [1.29, 1.82) is 0 Å². The minimum atomic E-state index is -1.09. The molecule has 1 fully saturated rings. The van der Waals surface area contributed by atoms with Crippen molar-refractivity contribution in [1.82, 2.24) is 14.9 Å². The molecule has 1 saturated heterocycles. The first-order valence-electron chi connectivity index (χ1n) is 6.42. The number of hydrogen-bond donors (Lipinski definition) is 2. The molecule has 1 aliphatic rings. The van der Waals surface area contributed by atoms with Gasteiger partial charge in [-0.3, -0.25) is 0 Å². The SMILES string of the molecule is Nn1c(SCc2ccc(C(=O)O)o2)nnc1C1CCCO1. The summed E-state index contributed by atoms with van der Waals surface area (Å²) < 4.78 is 12.1. The lowest BCUT2D eigenvalue weighted by atomic mass is 10.2. The molecule has 3 N–H and O–H groups in total. The summed E-state index contributed by atoms with van der Waals surface area (Å²) in [6.45, 7) is 0.713. The van der Waals surface area contributed by atoms with E-state index in [1.807, 2.05) is 0 Å². The molecule has 2 aromatic heterocycles. The maximum Gasteiger partial charge on any atom is 0.371 e. The van der Waals surface area contributed by atoms with E-state index in [1.165, 1.54) is 22.5 Å². The molecule has 0 amide bonds. The van der Waals surface area contributed by atoms with Crippen LogP contribution in [0.4, 0.5) is 0 Å². The van der Waals surface area contributed by atoms with Crippen molar-refractivity contribution in [3.63, 3.8) is 0 Å². The molecule has 0 aliphatic carbocycles. The van der Waals surface area contributed by atoms with E-state index in [0.29, 0.717) is 29.1 Å². The van der Waals surface area contributed by atoms with Crippen LogP contribution < -0.4 is 5.84 Å². The van der Waals surface area contributed by atoms with Gasteiger partial charge in [-0.1, -0.05) is 11.8 Å². The van der Waals surface area contributed by atoms with E-state index >= 15 is 0 Å². The Bertz CT molecular complexity index is 647. The number of aromatic carboxylic acids is 1. The number of carbonyl (C=O) groups is 1. The largest absolute Gasteiger partial charge is 0.475 e. The number of carboxylic acid groups (broad SMARTS) is 1. The first-order valence-corrected chi connectivity index (χ1v) is 7.40. The quantitative estimate of drug-likeness (QED) is 0.629. The van der Waals surface area contributed by atoms with Gasteiger partial charge >= 0.3 is 5.97 Å². The highest BCUT2D eigenvalue weighted by Crippen LogP contribution is 2.29. The van der Waals surface area contributed by atoms with Crippen LogP contribution in [0.15, 0.2) is 21.7 Å². The third-order valence-electron chi connectivity index (χ3n) is 3.12. The molecule has 0 bridgehead atoms. The summed E-state index contributed by atoms with van der Waals surface area (Å²) in [6, 6.07) is 3.04. The van der Waals surface area contributed by atoms with Crippen LogP contribution >= 0.6 is 11.8 Å². The monoisotopic (exact) mass is 310 g/mol. The Morgan fingerprint density at radius 2 is 2.38 bits per heavy atom. The Morgan fingerprint density at radius 1 is 1.52 bits per heavy atom. The molecule has 0 spiro atoms. The van der Waals surface area contributed by atoms with Crippen molar-refractivity contribution >= 4 is 17.7 Å². The molecule has 0 saturated carbocycles. The van der Waals surface area contributed by atoms with Gasteiger partial charge in [0.15, 0.2) is 5.82 Å². The number of hydrogen-bond acceptors (Lipinski definition) is 7. The second-order valence-electron chi connectivity index (χ2n) is 4.57. The summed E-state index contributed by atoms with van der Waals surface area (Å²) in [7, 11) is 0. The molecule has 112 valence electrons. The number of ether oxygens (including phenoxy) is 1. The molecule has 3 rings (SSSR count). The highest BCUT2D eigenvalue weighted by Gasteiger charge is 2.24. The van der Waals surface area contributed by atoms with Crippen LogP contribution in [0.5, 0.6) is 0 Å². The number of aromatic nitrogens is 3. The van der Waals surface area contributed by atoms with Crippen LogP contribution in [0.1, 0.15) is 41.1 Å². The molecule has 1 aliphatic heterocycles. The molecule has 0 radical (unpaired) electrons. The van der Waals surface area contributed by atoms with Crippen molar-refractivity contribution in [2.45, 2.75) is 29.9 Å². The van der Waals surface area contributed by atoms with Crippen LogP contribution in [0, 0.1) is 0 Å². The van der Waals surface area contributed by atoms with Gasteiger partial charge in [0.05, 0.1) is 5.75 Å². The van der Waals surface area contributed by atoms with Gasteiger partial charge in [-0.15, -0.1) is 10.2 Å². The molecule has 3 heterocycles. The predicted octanol–water partition coefficient (Wildman–Crippen LogP) is 1.43. The van der Waals surface area contributed by atoms with E-state index in [4.69, 9.17) is 20.1 Å². The Balaban J connectivity index is 1.66. The van der Waals surface area contributed by atoms with Gasteiger partial charge in [-0.05, 0) is 25.0 Å². The zero-order valence-corrected chi connectivity index (χ0v) is 11.9. The van der Waals surface area contributed by atoms with E-state index in [1.54, 1.807) is 6.07 Å². The fourth-order valence-electron chi connectivity index (χ4n) is 2.09. The average Bonchev–Trinajstić information content (AvgIpc) is 3.17. The topological polar surface area (TPSA) is 116 Å². The van der Waals surface area contributed by atoms with Gasteiger partial charge in [0.2, 0.25) is 10.9 Å². The zero-order chi connectivity index (χ0) is 14.8. The minimum Gasteiger partial charge on any atom is -0.475 e. The summed E-state index contributed by atoms with van der Waals surface area (Å²) in [5, 5.41) is 17.4. The highest BCUT2D eigenvalue weighted by molar-refractivity contribution is 7.98. The van der Waals surface area contributed by atoms with E-state index in [9.17, 15) is 4.79 Å². The number of rotatable bonds is 5. The first kappa shape index (κ1) is 14.0. The Hall–Kier alpha value is -2.00. The van der Waals surface area contributed by atoms with Gasteiger partial charge in [-0.25, -0.2) is 9.47 Å². The van der Waals surface area contributed by atoms with E-state index in [-0.39, 0.29) is 11.9 Å². The molecule has 8 nitrogen and oxygen atoms in total. The summed E-state index contributed by atoms with van der Waals surface area (Å²) in [5.74, 6) is 6.37. The number of nitrogens with two attached hydrogens (primary N) is 1. The molecule has 2 aromatic rings. The van der Waals surface area contributed by atoms with Crippen LogP contribution in [0.3, 0.4) is 0 Å². The van der Waals surface area contributed by atoms with Gasteiger partial charge < -0.3 is 20.1 Å². The third kappa shape index (κ3) is 2.88. The minimum absolute atomic E-state index is 0.0835.